The molecule has 1 heterocycles. The molecule has 2 aliphatic rings. The Hall–Kier alpha value is -0.0800. The van der Waals surface area contributed by atoms with E-state index in [2.05, 4.69) is 11.9 Å². The summed E-state index contributed by atoms with van der Waals surface area (Å²) in [4.78, 5) is 2.37. The van der Waals surface area contributed by atoms with E-state index in [-0.39, 0.29) is 5.60 Å². The number of aliphatic hydroxyl groups is 1. The minimum Gasteiger partial charge on any atom is -0.390 e. The van der Waals surface area contributed by atoms with E-state index in [0.29, 0.717) is 0 Å². The van der Waals surface area contributed by atoms with Gasteiger partial charge in [-0.15, -0.1) is 0 Å². The van der Waals surface area contributed by atoms with E-state index in [1.165, 1.54) is 25.9 Å². The fraction of sp³-hybridized carbons (Fsp3) is 1.00. The van der Waals surface area contributed by atoms with Crippen molar-refractivity contribution in [3.05, 3.63) is 0 Å². The van der Waals surface area contributed by atoms with Crippen molar-refractivity contribution in [1.29, 1.82) is 0 Å². The smallest absolute Gasteiger partial charge is 0.0651 e. The molecule has 1 aliphatic carbocycles. The lowest BCUT2D eigenvalue weighted by molar-refractivity contribution is -0.0514. The maximum Gasteiger partial charge on any atom is 0.0651 e. The van der Waals surface area contributed by atoms with Crippen LogP contribution in [0.4, 0.5) is 0 Å². The predicted molar refractivity (Wildman–Crippen MR) is 49.0 cm³/mol. The van der Waals surface area contributed by atoms with Crippen molar-refractivity contribution in [3.8, 4) is 0 Å². The lowest BCUT2D eigenvalue weighted by Crippen LogP contribution is -2.39. The van der Waals surface area contributed by atoms with Crippen molar-refractivity contribution in [2.45, 2.75) is 37.7 Å². The van der Waals surface area contributed by atoms with Gasteiger partial charge in [-0.05, 0) is 51.6 Å². The highest BCUT2D eigenvalue weighted by Crippen LogP contribution is 2.38. The minimum atomic E-state index is -0.254. The summed E-state index contributed by atoms with van der Waals surface area (Å²) in [6.45, 7) is 2.42. The molecular weight excluding hydrogens is 150 g/mol. The van der Waals surface area contributed by atoms with Crippen LogP contribution in [0.1, 0.15) is 32.1 Å². The van der Waals surface area contributed by atoms with Crippen LogP contribution >= 0.6 is 0 Å². The summed E-state index contributed by atoms with van der Waals surface area (Å²) in [7, 11) is 2.17. The van der Waals surface area contributed by atoms with Crippen LogP contribution in [0.25, 0.3) is 0 Å². The quantitative estimate of drug-likeness (QED) is 0.672. The molecule has 0 spiro atoms. The van der Waals surface area contributed by atoms with E-state index in [1.807, 2.05) is 0 Å². The first-order valence-corrected chi connectivity index (χ1v) is 5.09. The molecule has 0 radical (unpaired) electrons. The molecule has 1 atom stereocenters. The molecule has 0 aromatic carbocycles. The third-order valence-electron chi connectivity index (χ3n) is 3.44. The molecular formula is C10H19NO. The summed E-state index contributed by atoms with van der Waals surface area (Å²) in [6, 6.07) is 0. The summed E-state index contributed by atoms with van der Waals surface area (Å²) in [5, 5.41) is 9.94. The van der Waals surface area contributed by atoms with Gasteiger partial charge in [0.05, 0.1) is 5.60 Å². The zero-order chi connectivity index (χ0) is 8.60. The van der Waals surface area contributed by atoms with Gasteiger partial charge in [-0.3, -0.25) is 0 Å². The average molecular weight is 169 g/mol. The van der Waals surface area contributed by atoms with Crippen molar-refractivity contribution in [1.82, 2.24) is 4.90 Å². The lowest BCUT2D eigenvalue weighted by atomic mass is 9.74. The molecule has 0 aromatic heterocycles. The molecule has 2 heteroatoms. The van der Waals surface area contributed by atoms with Crippen LogP contribution in [0.2, 0.25) is 0 Å². The summed E-state index contributed by atoms with van der Waals surface area (Å²) in [6.07, 6.45) is 5.68. The van der Waals surface area contributed by atoms with Gasteiger partial charge in [0, 0.05) is 6.54 Å². The normalized spacial score (nSPS) is 35.0. The van der Waals surface area contributed by atoms with Crippen LogP contribution in [0, 0.1) is 5.92 Å². The minimum absolute atomic E-state index is 0.254. The van der Waals surface area contributed by atoms with Crippen LogP contribution in [-0.4, -0.2) is 35.7 Å². The third-order valence-corrected chi connectivity index (χ3v) is 3.44. The second-order valence-corrected chi connectivity index (χ2v) is 4.70. The van der Waals surface area contributed by atoms with Crippen LogP contribution in [0.5, 0.6) is 0 Å². The second-order valence-electron chi connectivity index (χ2n) is 4.70. The number of hydrogen-bond donors (Lipinski definition) is 1. The maximum atomic E-state index is 9.94. The first-order chi connectivity index (χ1) is 5.68. The summed E-state index contributed by atoms with van der Waals surface area (Å²) in [5.41, 5.74) is -0.254. The highest BCUT2D eigenvalue weighted by atomic mass is 16.3. The van der Waals surface area contributed by atoms with Crippen molar-refractivity contribution in [2.24, 2.45) is 5.92 Å². The van der Waals surface area contributed by atoms with Gasteiger partial charge in [-0.2, -0.15) is 0 Å². The van der Waals surface area contributed by atoms with Gasteiger partial charge >= 0.3 is 0 Å². The molecule has 1 N–H and O–H groups in total. The molecule has 1 unspecified atom stereocenters. The SMILES string of the molecule is CN1CCC(CC2(O)CCC2)C1. The molecule has 2 fully saturated rings. The molecule has 2 rings (SSSR count). The maximum absolute atomic E-state index is 9.94. The van der Waals surface area contributed by atoms with Gasteiger partial charge in [0.1, 0.15) is 0 Å². The van der Waals surface area contributed by atoms with Gasteiger partial charge in [0.25, 0.3) is 0 Å². The Kier molecular flexibility index (Phi) is 2.13. The molecule has 1 aliphatic heterocycles. The zero-order valence-corrected chi connectivity index (χ0v) is 7.92. The Balaban J connectivity index is 1.79. The number of nitrogens with zero attached hydrogens (tertiary/aromatic N) is 1. The van der Waals surface area contributed by atoms with Crippen molar-refractivity contribution in [2.75, 3.05) is 20.1 Å². The Morgan fingerprint density at radius 1 is 1.50 bits per heavy atom. The highest BCUT2D eigenvalue weighted by Gasteiger charge is 2.37. The average Bonchev–Trinajstić information content (AvgIpc) is 2.32. The lowest BCUT2D eigenvalue weighted by Gasteiger charge is -2.38. The molecule has 0 amide bonds. The Labute approximate surface area is 74.6 Å². The van der Waals surface area contributed by atoms with Crippen LogP contribution in [0.15, 0.2) is 0 Å². The summed E-state index contributed by atoms with van der Waals surface area (Å²) >= 11 is 0. The zero-order valence-electron chi connectivity index (χ0n) is 7.92. The standard InChI is InChI=1S/C10H19NO/c1-11-6-3-9(8-11)7-10(12)4-2-5-10/h9,12H,2-8H2,1H3. The molecule has 1 saturated carbocycles. The fourth-order valence-corrected chi connectivity index (χ4v) is 2.52. The van der Waals surface area contributed by atoms with E-state index >= 15 is 0 Å². The van der Waals surface area contributed by atoms with E-state index in [4.69, 9.17) is 0 Å². The van der Waals surface area contributed by atoms with Crippen LogP contribution < -0.4 is 0 Å². The highest BCUT2D eigenvalue weighted by molar-refractivity contribution is 4.91. The third kappa shape index (κ3) is 1.64. The van der Waals surface area contributed by atoms with E-state index in [0.717, 1.165) is 25.2 Å². The van der Waals surface area contributed by atoms with Gasteiger partial charge < -0.3 is 10.0 Å². The van der Waals surface area contributed by atoms with Gasteiger partial charge in [0.15, 0.2) is 0 Å². The van der Waals surface area contributed by atoms with E-state index in [9.17, 15) is 5.11 Å². The van der Waals surface area contributed by atoms with Gasteiger partial charge in [-0.1, -0.05) is 0 Å². The Bertz CT molecular complexity index is 165. The first kappa shape index (κ1) is 8.52. The fourth-order valence-electron chi connectivity index (χ4n) is 2.52. The molecule has 1 saturated heterocycles. The van der Waals surface area contributed by atoms with Crippen molar-refractivity contribution < 1.29 is 5.11 Å². The monoisotopic (exact) mass is 169 g/mol. The molecule has 12 heavy (non-hydrogen) atoms. The van der Waals surface area contributed by atoms with Crippen molar-refractivity contribution >= 4 is 0 Å². The predicted octanol–water partition coefficient (Wildman–Crippen LogP) is 1.24. The molecule has 70 valence electrons. The summed E-state index contributed by atoms with van der Waals surface area (Å²) in [5.74, 6) is 0.764. The van der Waals surface area contributed by atoms with Crippen molar-refractivity contribution in [3.63, 3.8) is 0 Å². The number of likely N-dealkylation sites (tertiary alicyclic amines) is 1. The molecule has 2 nitrogen and oxygen atoms in total. The second kappa shape index (κ2) is 3.00. The van der Waals surface area contributed by atoms with E-state index in [1.54, 1.807) is 0 Å². The van der Waals surface area contributed by atoms with Crippen LogP contribution in [-0.2, 0) is 0 Å². The van der Waals surface area contributed by atoms with Gasteiger partial charge in [0.2, 0.25) is 0 Å². The topological polar surface area (TPSA) is 23.5 Å². The van der Waals surface area contributed by atoms with Crippen LogP contribution in [0.3, 0.4) is 0 Å². The largest absolute Gasteiger partial charge is 0.390 e. The molecule has 0 aromatic rings. The summed E-state index contributed by atoms with van der Waals surface area (Å²) < 4.78 is 0. The first-order valence-electron chi connectivity index (χ1n) is 5.09. The Morgan fingerprint density at radius 3 is 2.67 bits per heavy atom. The molecule has 0 bridgehead atoms. The number of rotatable bonds is 2. The number of hydrogen-bond acceptors (Lipinski definition) is 2. The van der Waals surface area contributed by atoms with Gasteiger partial charge in [-0.25, -0.2) is 0 Å². The van der Waals surface area contributed by atoms with E-state index < -0.39 is 0 Å². The Morgan fingerprint density at radius 2 is 2.25 bits per heavy atom.